The van der Waals surface area contributed by atoms with Crippen molar-refractivity contribution >= 4 is 23.9 Å². The van der Waals surface area contributed by atoms with Gasteiger partial charge < -0.3 is 24.1 Å². The molecule has 0 saturated carbocycles. The highest BCUT2D eigenvalue weighted by Gasteiger charge is 2.50. The van der Waals surface area contributed by atoms with E-state index in [0.29, 0.717) is 12.8 Å². The normalized spacial score (nSPS) is 29.5. The number of ether oxygens (including phenoxy) is 4. The third-order valence-corrected chi connectivity index (χ3v) is 5.25. The summed E-state index contributed by atoms with van der Waals surface area (Å²) in [4.78, 5) is 49.7. The molecule has 0 radical (unpaired) electrons. The molecule has 1 aliphatic carbocycles. The van der Waals surface area contributed by atoms with Gasteiger partial charge in [0.05, 0.1) is 25.2 Å². The zero-order valence-corrected chi connectivity index (χ0v) is 18.6. The van der Waals surface area contributed by atoms with Crippen molar-refractivity contribution in [2.75, 3.05) is 13.7 Å². The van der Waals surface area contributed by atoms with E-state index in [0.717, 1.165) is 12.5 Å². The van der Waals surface area contributed by atoms with Crippen LogP contribution in [0.4, 0.5) is 0 Å². The Kier molecular flexibility index (Phi) is 8.54. The number of aliphatic hydroxyl groups excluding tert-OH is 1. The van der Waals surface area contributed by atoms with Crippen molar-refractivity contribution in [3.8, 4) is 0 Å². The number of rotatable bonds is 5. The maximum absolute atomic E-state index is 12.7. The second-order valence-corrected chi connectivity index (χ2v) is 7.59. The van der Waals surface area contributed by atoms with Gasteiger partial charge in [-0.2, -0.15) is 0 Å². The van der Waals surface area contributed by atoms with Gasteiger partial charge in [-0.15, -0.1) is 0 Å². The molecule has 1 unspecified atom stereocenters. The average Bonchev–Trinajstić information content (AvgIpc) is 3.00. The molecule has 0 bridgehead atoms. The second kappa shape index (κ2) is 10.9. The first-order valence-electron chi connectivity index (χ1n) is 10.1. The minimum Gasteiger partial charge on any atom is -0.466 e. The first kappa shape index (κ1) is 25.1. The molecule has 174 valence electrons. The lowest BCUT2D eigenvalue weighted by Gasteiger charge is -2.33. The van der Waals surface area contributed by atoms with Gasteiger partial charge in [0.25, 0.3) is 0 Å². The Morgan fingerprint density at radius 3 is 2.56 bits per heavy atom. The Morgan fingerprint density at radius 1 is 1.28 bits per heavy atom. The largest absolute Gasteiger partial charge is 0.466 e. The summed E-state index contributed by atoms with van der Waals surface area (Å²) in [6, 6.07) is 0. The fourth-order valence-corrected chi connectivity index (χ4v) is 3.63. The summed E-state index contributed by atoms with van der Waals surface area (Å²) in [7, 11) is 1.18. The highest BCUT2D eigenvalue weighted by Crippen LogP contribution is 2.38. The highest BCUT2D eigenvalue weighted by molar-refractivity contribution is 5.93. The molecule has 0 spiro atoms. The van der Waals surface area contributed by atoms with E-state index in [4.69, 9.17) is 24.1 Å². The van der Waals surface area contributed by atoms with Crippen LogP contribution in [0.1, 0.15) is 33.6 Å². The minimum atomic E-state index is -1.38. The summed E-state index contributed by atoms with van der Waals surface area (Å²) >= 11 is 0. The predicted molar refractivity (Wildman–Crippen MR) is 112 cm³/mol. The Balaban J connectivity index is 2.69. The number of hydrogen-bond acceptors (Lipinski definition) is 9. The van der Waals surface area contributed by atoms with Gasteiger partial charge in [-0.05, 0) is 38.8 Å². The van der Waals surface area contributed by atoms with Crippen molar-refractivity contribution in [2.45, 2.75) is 51.9 Å². The van der Waals surface area contributed by atoms with Crippen molar-refractivity contribution in [1.29, 1.82) is 0 Å². The lowest BCUT2D eigenvalue weighted by atomic mass is 9.83. The molecule has 1 fully saturated rings. The summed E-state index contributed by atoms with van der Waals surface area (Å²) in [6.45, 7) is 7.82. The van der Waals surface area contributed by atoms with Crippen LogP contribution in [0.3, 0.4) is 0 Å². The predicted octanol–water partition coefficient (Wildman–Crippen LogP) is 1.71. The van der Waals surface area contributed by atoms with Crippen LogP contribution in [0, 0.1) is 5.92 Å². The molecule has 0 aromatic heterocycles. The van der Waals surface area contributed by atoms with E-state index in [9.17, 15) is 19.2 Å². The molecule has 0 amide bonds. The Hall–Kier alpha value is -3.20. The molecule has 1 N–H and O–H groups in total. The minimum absolute atomic E-state index is 0.0163. The first-order chi connectivity index (χ1) is 15.1. The van der Waals surface area contributed by atoms with Crippen molar-refractivity contribution < 1.29 is 43.2 Å². The molecular formula is C23H28O9. The van der Waals surface area contributed by atoms with Crippen LogP contribution in [-0.2, 0) is 38.1 Å². The summed E-state index contributed by atoms with van der Waals surface area (Å²) in [5.41, 5.74) is 0.969. The maximum Gasteiger partial charge on any atom is 0.337 e. The van der Waals surface area contributed by atoms with Gasteiger partial charge in [0.2, 0.25) is 0 Å². The van der Waals surface area contributed by atoms with Crippen LogP contribution in [0.15, 0.2) is 47.1 Å². The zero-order valence-electron chi connectivity index (χ0n) is 18.6. The van der Waals surface area contributed by atoms with Crippen LogP contribution >= 0.6 is 0 Å². The number of hydrogen-bond donors (Lipinski definition) is 1. The molecule has 2 aliphatic rings. The molecule has 0 aromatic carbocycles. The Bertz CT molecular complexity index is 893. The molecule has 2 rings (SSSR count). The number of fused-ring (bicyclic) bond motifs is 1. The van der Waals surface area contributed by atoms with Gasteiger partial charge in [-0.3, -0.25) is 4.79 Å². The topological polar surface area (TPSA) is 125 Å². The van der Waals surface area contributed by atoms with E-state index in [1.807, 2.05) is 6.92 Å². The van der Waals surface area contributed by atoms with Crippen LogP contribution in [0.25, 0.3) is 0 Å². The number of methoxy groups -OCH3 is 1. The molecule has 1 heterocycles. The van der Waals surface area contributed by atoms with Crippen molar-refractivity contribution in [3.63, 3.8) is 0 Å². The standard InChI is InChI=1S/C23H28O9/c1-12-7-6-8-16(23(28)29-5)19(30-15(4)25)20(32-21(26)13(2)9-10-24)18-14(3)22(27)31-17(18)11-12/h8-9,11,17-20,24H,3,6-7,10H2,1-2,4-5H3/b12-11+,13-9-,16-8+/t17-,18+,19?,20+/m1/s1. The van der Waals surface area contributed by atoms with E-state index in [1.54, 1.807) is 12.2 Å². The molecule has 32 heavy (non-hydrogen) atoms. The fourth-order valence-electron chi connectivity index (χ4n) is 3.63. The maximum atomic E-state index is 12.7. The SMILES string of the molecule is C=C1C(=O)O[C@@H]2/C=C(\C)CC/C=C(/C(=O)OC)C(OC(C)=O)[C@@H](OC(=O)/C(C)=C\CO)[C@@H]12. The molecule has 9 heteroatoms. The van der Waals surface area contributed by atoms with E-state index in [1.165, 1.54) is 20.1 Å². The number of carbonyl (C=O) groups is 4. The molecule has 1 saturated heterocycles. The third-order valence-electron chi connectivity index (χ3n) is 5.25. The van der Waals surface area contributed by atoms with Gasteiger partial charge >= 0.3 is 23.9 Å². The number of esters is 4. The number of carbonyl (C=O) groups excluding carboxylic acids is 4. The van der Waals surface area contributed by atoms with Gasteiger partial charge in [-0.25, -0.2) is 14.4 Å². The van der Waals surface area contributed by atoms with Crippen LogP contribution in [0.5, 0.6) is 0 Å². The fraction of sp³-hybridized carbons (Fsp3) is 0.478. The van der Waals surface area contributed by atoms with E-state index in [-0.39, 0.29) is 16.7 Å². The first-order valence-corrected chi connectivity index (χ1v) is 10.1. The summed E-state index contributed by atoms with van der Waals surface area (Å²) < 4.78 is 21.4. The average molecular weight is 448 g/mol. The number of allylic oxidation sites excluding steroid dienone is 2. The molecule has 4 atom stereocenters. The zero-order chi connectivity index (χ0) is 24.0. The van der Waals surface area contributed by atoms with Crippen molar-refractivity contribution in [2.24, 2.45) is 5.92 Å². The van der Waals surface area contributed by atoms with Crippen LogP contribution < -0.4 is 0 Å². The molecule has 9 nitrogen and oxygen atoms in total. The van der Waals surface area contributed by atoms with Crippen molar-refractivity contribution in [3.05, 3.63) is 47.1 Å². The molecule has 0 aromatic rings. The van der Waals surface area contributed by atoms with E-state index >= 15 is 0 Å². The third kappa shape index (κ3) is 5.73. The monoisotopic (exact) mass is 448 g/mol. The summed E-state index contributed by atoms with van der Waals surface area (Å²) in [6.07, 6.45) is 1.94. The Labute approximate surface area is 186 Å². The quantitative estimate of drug-likeness (QED) is 0.289. The van der Waals surface area contributed by atoms with Crippen molar-refractivity contribution in [1.82, 2.24) is 0 Å². The van der Waals surface area contributed by atoms with Gasteiger partial charge in [0, 0.05) is 18.1 Å². The lowest BCUT2D eigenvalue weighted by molar-refractivity contribution is -0.167. The lowest BCUT2D eigenvalue weighted by Crippen LogP contribution is -2.46. The second-order valence-electron chi connectivity index (χ2n) is 7.59. The van der Waals surface area contributed by atoms with Crippen LogP contribution in [0.2, 0.25) is 0 Å². The van der Waals surface area contributed by atoms with Gasteiger partial charge in [0.1, 0.15) is 6.10 Å². The molecule has 1 aliphatic heterocycles. The smallest absolute Gasteiger partial charge is 0.337 e. The van der Waals surface area contributed by atoms with E-state index < -0.39 is 54.7 Å². The van der Waals surface area contributed by atoms with Gasteiger partial charge in [-0.1, -0.05) is 18.2 Å². The summed E-state index contributed by atoms with van der Waals surface area (Å²) in [5, 5.41) is 9.11. The Morgan fingerprint density at radius 2 is 1.97 bits per heavy atom. The van der Waals surface area contributed by atoms with Gasteiger partial charge in [0.15, 0.2) is 12.2 Å². The van der Waals surface area contributed by atoms with Crippen LogP contribution in [-0.4, -0.2) is 61.0 Å². The van der Waals surface area contributed by atoms with E-state index in [2.05, 4.69) is 6.58 Å². The number of aliphatic hydroxyl groups is 1. The highest BCUT2D eigenvalue weighted by atomic mass is 16.6. The summed E-state index contributed by atoms with van der Waals surface area (Å²) in [5.74, 6) is -3.94. The molecular weight excluding hydrogens is 420 g/mol.